The Balaban J connectivity index is 0.00000452. The van der Waals surface area contributed by atoms with E-state index in [1.807, 2.05) is 13.8 Å². The molecule has 0 saturated carbocycles. The number of nitrogens with zero attached hydrogens (tertiary/aromatic N) is 1. The lowest BCUT2D eigenvalue weighted by atomic mass is 9.80. The zero-order valence-corrected chi connectivity index (χ0v) is 30.0. The highest BCUT2D eigenvalue weighted by Gasteiger charge is 2.27. The molecule has 0 bridgehead atoms. The van der Waals surface area contributed by atoms with Crippen molar-refractivity contribution in [1.82, 2.24) is 4.90 Å². The van der Waals surface area contributed by atoms with Gasteiger partial charge in [0.25, 0.3) is 0 Å². The van der Waals surface area contributed by atoms with Gasteiger partial charge in [-0.05, 0) is 131 Å². The molecule has 0 radical (unpaired) electrons. The predicted octanol–water partition coefficient (Wildman–Crippen LogP) is 8.88. The monoisotopic (exact) mass is 613 g/mol. The van der Waals surface area contributed by atoms with Crippen molar-refractivity contribution in [2.75, 3.05) is 31.6 Å². The number of rotatable bonds is 15. The minimum Gasteiger partial charge on any atom is -0.333 e. The van der Waals surface area contributed by atoms with Crippen molar-refractivity contribution in [1.29, 1.82) is 5.41 Å². The van der Waals surface area contributed by atoms with Crippen LogP contribution in [0.1, 0.15) is 123 Å². The van der Waals surface area contributed by atoms with Crippen molar-refractivity contribution in [3.05, 3.63) is 63.8 Å². The zero-order chi connectivity index (χ0) is 32.7. The predicted molar refractivity (Wildman–Crippen MR) is 190 cm³/mol. The van der Waals surface area contributed by atoms with E-state index in [2.05, 4.69) is 89.5 Å². The Bertz CT molecular complexity index is 1220. The van der Waals surface area contributed by atoms with Crippen molar-refractivity contribution in [2.45, 2.75) is 119 Å². The van der Waals surface area contributed by atoms with Crippen LogP contribution in [0.4, 0.5) is 0 Å². The molecule has 0 spiro atoms. The number of benzene rings is 1. The van der Waals surface area contributed by atoms with E-state index in [0.29, 0.717) is 23.3 Å². The molecule has 2 rings (SSSR count). The lowest BCUT2D eigenvalue weighted by molar-refractivity contribution is 0.173. The minimum atomic E-state index is -2.99. The van der Waals surface area contributed by atoms with Gasteiger partial charge in [0.05, 0.1) is 11.5 Å². The van der Waals surface area contributed by atoms with Gasteiger partial charge in [-0.2, -0.15) is 0 Å². The summed E-state index contributed by atoms with van der Waals surface area (Å²) in [7, 11) is -1.49. The number of allylic oxidation sites excluding steroid dienone is 6. The normalized spacial score (nSPS) is 16.9. The van der Waals surface area contributed by atoms with Crippen LogP contribution in [0, 0.1) is 18.3 Å². The molecule has 0 aliphatic carbocycles. The largest absolute Gasteiger partial charge is 0.333 e. The van der Waals surface area contributed by atoms with Gasteiger partial charge in [-0.1, -0.05) is 77.8 Å². The quantitative estimate of drug-likeness (QED) is 0.153. The van der Waals surface area contributed by atoms with Crippen molar-refractivity contribution in [2.24, 2.45) is 11.7 Å². The van der Waals surface area contributed by atoms with Gasteiger partial charge in [0, 0.05) is 11.8 Å². The summed E-state index contributed by atoms with van der Waals surface area (Å²) in [5.41, 5.74) is 14.4. The first-order valence-electron chi connectivity index (χ1n) is 16.7. The van der Waals surface area contributed by atoms with Crippen LogP contribution in [0.5, 0.6) is 0 Å². The number of hydrogen-bond acceptors (Lipinski definition) is 5. The lowest BCUT2D eigenvalue weighted by Gasteiger charge is -2.36. The number of hydrogen-bond donors (Lipinski definition) is 2. The van der Waals surface area contributed by atoms with Crippen LogP contribution in [-0.4, -0.2) is 56.7 Å². The van der Waals surface area contributed by atoms with Gasteiger partial charge in [0.15, 0.2) is 9.84 Å². The second-order valence-corrected chi connectivity index (χ2v) is 14.6. The molecule has 1 unspecified atom stereocenters. The topological polar surface area (TPSA) is 87.2 Å². The maximum atomic E-state index is 12.5. The third kappa shape index (κ3) is 11.8. The smallest absolute Gasteiger partial charge is 0.151 e. The van der Waals surface area contributed by atoms with Crippen molar-refractivity contribution >= 4 is 21.1 Å². The molecule has 244 valence electrons. The minimum absolute atomic E-state index is 0.0726. The second-order valence-electron chi connectivity index (χ2n) is 12.4. The number of nitrogens with two attached hydrogens (primary N) is 1. The average Bonchev–Trinajstić information content (AvgIpc) is 2.99. The Morgan fingerprint density at radius 2 is 1.72 bits per heavy atom. The van der Waals surface area contributed by atoms with E-state index in [1.165, 1.54) is 40.5 Å². The SMILES string of the molecule is C/C=C(\C=C(\C)C(=N)CC)C(/CCC)=C(/c1cc(C2CCN(C(C)CS(=O)(=O)CCCC)CC2)ccc1C)C(C)C.CN. The second kappa shape index (κ2) is 19.4. The summed E-state index contributed by atoms with van der Waals surface area (Å²) in [6.45, 7) is 21.4. The number of sulfone groups is 1. The standard InChI is InChI=1S/C36H58N2O2S.CH5N/c1-10-14-22-41(39,40)25-29(9)38-20-18-31(19-21-38)32-17-16-27(7)34(24-32)36(26(5)6)33(15-11-2)30(12-3)23-28(8)35(37)13-4;1-2/h12,16-17,23-24,26,29,31,37H,10-11,13-15,18-22,25H2,1-9H3;2H2,1H3/b28-23-,30-12+,36-33+,37-35?;. The zero-order valence-electron chi connectivity index (χ0n) is 29.1. The fourth-order valence-corrected chi connectivity index (χ4v) is 8.07. The molecule has 6 heteroatoms. The summed E-state index contributed by atoms with van der Waals surface area (Å²) in [5, 5.41) is 8.35. The molecule has 43 heavy (non-hydrogen) atoms. The third-order valence-electron chi connectivity index (χ3n) is 8.74. The Hall–Kier alpha value is -2.02. The fourth-order valence-electron chi connectivity index (χ4n) is 6.23. The van der Waals surface area contributed by atoms with Crippen molar-refractivity contribution in [3.63, 3.8) is 0 Å². The van der Waals surface area contributed by atoms with E-state index in [4.69, 9.17) is 5.41 Å². The highest BCUT2D eigenvalue weighted by Crippen LogP contribution is 2.38. The molecule has 1 fully saturated rings. The number of piperidine rings is 1. The first-order chi connectivity index (χ1) is 20.4. The summed E-state index contributed by atoms with van der Waals surface area (Å²) in [4.78, 5) is 2.38. The summed E-state index contributed by atoms with van der Waals surface area (Å²) >= 11 is 0. The van der Waals surface area contributed by atoms with Crippen LogP contribution in [0.2, 0.25) is 0 Å². The molecule has 1 aromatic rings. The maximum Gasteiger partial charge on any atom is 0.151 e. The Morgan fingerprint density at radius 3 is 2.23 bits per heavy atom. The van der Waals surface area contributed by atoms with Gasteiger partial charge in [-0.25, -0.2) is 8.42 Å². The Labute approximate surface area is 265 Å². The summed E-state index contributed by atoms with van der Waals surface area (Å²) in [6, 6.07) is 7.15. The fraction of sp³-hybridized carbons (Fsp3) is 0.649. The average molecular weight is 614 g/mol. The van der Waals surface area contributed by atoms with E-state index in [0.717, 1.165) is 63.6 Å². The molecule has 1 atom stereocenters. The Kier molecular flexibility index (Phi) is 17.6. The van der Waals surface area contributed by atoms with Crippen molar-refractivity contribution in [3.8, 4) is 0 Å². The van der Waals surface area contributed by atoms with Gasteiger partial charge >= 0.3 is 0 Å². The summed E-state index contributed by atoms with van der Waals surface area (Å²) in [6.07, 6.45) is 11.1. The Morgan fingerprint density at radius 1 is 1.09 bits per heavy atom. The van der Waals surface area contributed by atoms with E-state index < -0.39 is 9.84 Å². The van der Waals surface area contributed by atoms with Crippen LogP contribution >= 0.6 is 0 Å². The van der Waals surface area contributed by atoms with Crippen LogP contribution in [0.3, 0.4) is 0 Å². The molecule has 1 aliphatic heterocycles. The van der Waals surface area contributed by atoms with Crippen LogP contribution in [0.25, 0.3) is 5.57 Å². The van der Waals surface area contributed by atoms with Crippen LogP contribution < -0.4 is 5.73 Å². The molecular formula is C37H63N3O2S. The van der Waals surface area contributed by atoms with Crippen LogP contribution in [-0.2, 0) is 9.84 Å². The molecular weight excluding hydrogens is 550 g/mol. The van der Waals surface area contributed by atoms with Crippen molar-refractivity contribution < 1.29 is 8.42 Å². The van der Waals surface area contributed by atoms with Gasteiger partial charge < -0.3 is 11.1 Å². The first kappa shape index (κ1) is 39.0. The van der Waals surface area contributed by atoms with Gasteiger partial charge in [0.1, 0.15) is 0 Å². The molecule has 5 nitrogen and oxygen atoms in total. The summed E-state index contributed by atoms with van der Waals surface area (Å²) in [5.74, 6) is 1.45. The first-order valence-corrected chi connectivity index (χ1v) is 18.5. The molecule has 1 heterocycles. The van der Waals surface area contributed by atoms with Gasteiger partial charge in [-0.15, -0.1) is 0 Å². The number of unbranched alkanes of at least 4 members (excludes halogenated alkanes) is 1. The van der Waals surface area contributed by atoms with Crippen LogP contribution in [0.15, 0.2) is 47.1 Å². The van der Waals surface area contributed by atoms with E-state index in [1.54, 1.807) is 0 Å². The molecule has 1 saturated heterocycles. The molecule has 1 aliphatic rings. The van der Waals surface area contributed by atoms with E-state index in [9.17, 15) is 8.42 Å². The number of aryl methyl sites for hydroxylation is 1. The highest BCUT2D eigenvalue weighted by atomic mass is 32.2. The van der Waals surface area contributed by atoms with Gasteiger partial charge in [-0.3, -0.25) is 4.90 Å². The number of nitrogens with one attached hydrogen (secondary N) is 1. The van der Waals surface area contributed by atoms with Gasteiger partial charge in [0.2, 0.25) is 0 Å². The molecule has 0 aromatic heterocycles. The molecule has 3 N–H and O–H groups in total. The molecule has 0 amide bonds. The highest BCUT2D eigenvalue weighted by molar-refractivity contribution is 7.91. The third-order valence-corrected chi connectivity index (χ3v) is 10.6. The number of likely N-dealkylation sites (tertiary alicyclic amines) is 1. The molecule has 1 aromatic carbocycles. The van der Waals surface area contributed by atoms with E-state index >= 15 is 0 Å². The van der Waals surface area contributed by atoms with E-state index in [-0.39, 0.29) is 11.8 Å². The maximum absolute atomic E-state index is 12.5. The lowest BCUT2D eigenvalue weighted by Crippen LogP contribution is -2.43. The summed E-state index contributed by atoms with van der Waals surface area (Å²) < 4.78 is 25.1.